The van der Waals surface area contributed by atoms with Gasteiger partial charge in [0.1, 0.15) is 6.04 Å². The van der Waals surface area contributed by atoms with Gasteiger partial charge in [-0.1, -0.05) is 29.5 Å². The Labute approximate surface area is 160 Å². The molecule has 0 fully saturated rings. The normalized spacial score (nSPS) is 12.7. The summed E-state index contributed by atoms with van der Waals surface area (Å²) in [5.74, 6) is -0.466. The molecule has 0 aliphatic rings. The molecule has 0 aliphatic heterocycles. The van der Waals surface area contributed by atoms with Crippen LogP contribution in [0.3, 0.4) is 0 Å². The van der Waals surface area contributed by atoms with E-state index < -0.39 is 22.0 Å². The van der Waals surface area contributed by atoms with Gasteiger partial charge in [-0.25, -0.2) is 8.42 Å². The summed E-state index contributed by atoms with van der Waals surface area (Å²) < 4.78 is 27.9. The second-order valence-corrected chi connectivity index (χ2v) is 9.02. The molecule has 27 heavy (non-hydrogen) atoms. The fraction of sp³-hybridized carbons (Fsp3) is 0.222. The first kappa shape index (κ1) is 19.1. The smallest absolute Gasteiger partial charge is 0.307 e. The molecular formula is C18H19N3O4S2. The number of sulfonamides is 1. The first-order chi connectivity index (χ1) is 12.7. The van der Waals surface area contributed by atoms with E-state index in [9.17, 15) is 18.0 Å². The minimum absolute atomic E-state index is 0.0887. The maximum absolute atomic E-state index is 12.7. The predicted octanol–water partition coefficient (Wildman–Crippen LogP) is 2.39. The lowest BCUT2D eigenvalue weighted by molar-refractivity contribution is -0.116. The van der Waals surface area contributed by atoms with Gasteiger partial charge in [-0.3, -0.25) is 13.9 Å². The highest BCUT2D eigenvalue weighted by atomic mass is 32.2. The first-order valence-corrected chi connectivity index (χ1v) is 10.8. The van der Waals surface area contributed by atoms with Crippen molar-refractivity contribution in [1.29, 1.82) is 0 Å². The number of para-hydroxylation sites is 1. The number of thiazole rings is 1. The summed E-state index contributed by atoms with van der Waals surface area (Å²) in [6, 6.07) is 12.7. The molecule has 0 saturated heterocycles. The van der Waals surface area contributed by atoms with Crippen LogP contribution < -0.4 is 14.5 Å². The van der Waals surface area contributed by atoms with Crippen molar-refractivity contribution in [2.24, 2.45) is 7.05 Å². The number of benzene rings is 2. The predicted molar refractivity (Wildman–Crippen MR) is 109 cm³/mol. The number of aromatic nitrogens is 1. The number of nitrogens with one attached hydrogen (secondary N) is 1. The van der Waals surface area contributed by atoms with E-state index in [2.05, 4.69) is 5.32 Å². The lowest BCUT2D eigenvalue weighted by Crippen LogP contribution is -2.45. The van der Waals surface area contributed by atoms with Gasteiger partial charge in [-0.15, -0.1) is 0 Å². The number of carbonyl (C=O) groups is 1. The van der Waals surface area contributed by atoms with E-state index in [1.165, 1.54) is 11.5 Å². The third kappa shape index (κ3) is 3.88. The fourth-order valence-corrected chi connectivity index (χ4v) is 4.94. The average molecular weight is 406 g/mol. The summed E-state index contributed by atoms with van der Waals surface area (Å²) in [4.78, 5) is 24.4. The highest BCUT2D eigenvalue weighted by Gasteiger charge is 2.29. The largest absolute Gasteiger partial charge is 0.324 e. The van der Waals surface area contributed by atoms with Gasteiger partial charge in [-0.05, 0) is 37.3 Å². The Bertz CT molecular complexity index is 1150. The van der Waals surface area contributed by atoms with Gasteiger partial charge >= 0.3 is 4.87 Å². The molecule has 3 rings (SSSR count). The molecule has 0 radical (unpaired) electrons. The number of rotatable bonds is 5. The minimum atomic E-state index is -3.66. The first-order valence-electron chi connectivity index (χ1n) is 8.13. The Morgan fingerprint density at radius 3 is 2.48 bits per heavy atom. The van der Waals surface area contributed by atoms with Crippen molar-refractivity contribution in [3.05, 3.63) is 58.2 Å². The highest BCUT2D eigenvalue weighted by Crippen LogP contribution is 2.23. The zero-order valence-corrected chi connectivity index (χ0v) is 16.7. The van der Waals surface area contributed by atoms with E-state index in [0.29, 0.717) is 11.4 Å². The van der Waals surface area contributed by atoms with Crippen molar-refractivity contribution in [2.75, 3.05) is 15.9 Å². The van der Waals surface area contributed by atoms with Gasteiger partial charge < -0.3 is 9.88 Å². The molecule has 142 valence electrons. The number of carbonyl (C=O) groups excluding carboxylic acids is 1. The van der Waals surface area contributed by atoms with Gasteiger partial charge in [0.15, 0.2) is 0 Å². The summed E-state index contributed by atoms with van der Waals surface area (Å²) in [5.41, 5.74) is 1.69. The van der Waals surface area contributed by atoms with Crippen molar-refractivity contribution >= 4 is 48.9 Å². The van der Waals surface area contributed by atoms with Crippen molar-refractivity contribution in [1.82, 2.24) is 4.57 Å². The molecule has 0 bridgehead atoms. The fourth-order valence-electron chi connectivity index (χ4n) is 2.84. The van der Waals surface area contributed by atoms with Crippen molar-refractivity contribution < 1.29 is 13.2 Å². The molecule has 9 heteroatoms. The molecule has 0 saturated carbocycles. The van der Waals surface area contributed by atoms with Gasteiger partial charge in [0.05, 0.1) is 22.2 Å². The molecule has 7 nitrogen and oxygen atoms in total. The van der Waals surface area contributed by atoms with E-state index >= 15 is 0 Å². The van der Waals surface area contributed by atoms with Crippen molar-refractivity contribution in [3.8, 4) is 0 Å². The minimum Gasteiger partial charge on any atom is -0.324 e. The Hall–Kier alpha value is -2.65. The second-order valence-electron chi connectivity index (χ2n) is 6.17. The number of fused-ring (bicyclic) bond motifs is 1. The number of hydrogen-bond donors (Lipinski definition) is 1. The highest BCUT2D eigenvalue weighted by molar-refractivity contribution is 7.92. The van der Waals surface area contributed by atoms with Crippen LogP contribution in [0.4, 0.5) is 11.4 Å². The number of nitrogens with zero attached hydrogens (tertiary/aromatic N) is 2. The Balaban J connectivity index is 1.89. The molecule has 1 N–H and O–H groups in total. The maximum Gasteiger partial charge on any atom is 0.307 e. The molecular weight excluding hydrogens is 386 g/mol. The Morgan fingerprint density at radius 1 is 1.19 bits per heavy atom. The summed E-state index contributed by atoms with van der Waals surface area (Å²) in [6.45, 7) is 1.53. The van der Waals surface area contributed by atoms with E-state index in [1.807, 2.05) is 0 Å². The summed E-state index contributed by atoms with van der Waals surface area (Å²) >= 11 is 1.09. The quantitative estimate of drug-likeness (QED) is 0.706. The zero-order chi connectivity index (χ0) is 19.8. The standard InChI is InChI=1S/C18H19N3O4S2/c1-12(21(27(3,24)25)14-7-5-4-6-8-14)17(22)19-13-9-10-15-16(11-13)26-18(23)20(15)2/h4-12H,1-3H3,(H,19,22). The van der Waals surface area contributed by atoms with E-state index in [-0.39, 0.29) is 4.87 Å². The maximum atomic E-state index is 12.7. The Kier molecular flexibility index (Phi) is 5.07. The lowest BCUT2D eigenvalue weighted by Gasteiger charge is -2.28. The molecule has 2 aromatic carbocycles. The van der Waals surface area contributed by atoms with Crippen LogP contribution in [-0.4, -0.2) is 31.2 Å². The van der Waals surface area contributed by atoms with Gasteiger partial charge in [0, 0.05) is 12.7 Å². The number of aryl methyl sites for hydroxylation is 1. The van der Waals surface area contributed by atoms with E-state index in [1.54, 1.807) is 55.6 Å². The second kappa shape index (κ2) is 7.16. The average Bonchev–Trinajstić information content (AvgIpc) is 2.88. The molecule has 1 unspecified atom stereocenters. The third-order valence-electron chi connectivity index (χ3n) is 4.16. The van der Waals surface area contributed by atoms with E-state index in [0.717, 1.165) is 32.1 Å². The number of hydrogen-bond acceptors (Lipinski definition) is 5. The molecule has 1 aromatic heterocycles. The monoisotopic (exact) mass is 405 g/mol. The van der Waals surface area contributed by atoms with Crippen LogP contribution in [-0.2, 0) is 21.9 Å². The molecule has 0 spiro atoms. The topological polar surface area (TPSA) is 88.5 Å². The third-order valence-corrected chi connectivity index (χ3v) is 6.40. The van der Waals surface area contributed by atoms with Crippen LogP contribution in [0.15, 0.2) is 53.3 Å². The Morgan fingerprint density at radius 2 is 1.85 bits per heavy atom. The molecule has 1 atom stereocenters. The zero-order valence-electron chi connectivity index (χ0n) is 15.0. The van der Waals surface area contributed by atoms with Gasteiger partial charge in [0.2, 0.25) is 15.9 Å². The molecule has 3 aromatic rings. The molecule has 0 aliphatic carbocycles. The van der Waals surface area contributed by atoms with Gasteiger partial charge in [-0.2, -0.15) is 0 Å². The van der Waals surface area contributed by atoms with Crippen LogP contribution in [0, 0.1) is 0 Å². The number of amides is 1. The van der Waals surface area contributed by atoms with E-state index in [4.69, 9.17) is 0 Å². The van der Waals surface area contributed by atoms with Crippen molar-refractivity contribution in [3.63, 3.8) is 0 Å². The van der Waals surface area contributed by atoms with Crippen LogP contribution in [0.5, 0.6) is 0 Å². The van der Waals surface area contributed by atoms with Crippen LogP contribution in [0.25, 0.3) is 10.2 Å². The summed E-state index contributed by atoms with van der Waals surface area (Å²) in [7, 11) is -1.98. The summed E-state index contributed by atoms with van der Waals surface area (Å²) in [5, 5.41) is 2.74. The van der Waals surface area contributed by atoms with Crippen LogP contribution >= 0.6 is 11.3 Å². The summed E-state index contributed by atoms with van der Waals surface area (Å²) in [6.07, 6.45) is 1.07. The molecule has 1 heterocycles. The van der Waals surface area contributed by atoms with Crippen molar-refractivity contribution in [2.45, 2.75) is 13.0 Å². The molecule has 1 amide bonds. The van der Waals surface area contributed by atoms with Gasteiger partial charge in [0.25, 0.3) is 0 Å². The number of anilines is 2. The van der Waals surface area contributed by atoms with Crippen LogP contribution in [0.1, 0.15) is 6.92 Å². The van der Waals surface area contributed by atoms with Crippen LogP contribution in [0.2, 0.25) is 0 Å². The SMILES string of the molecule is CC(C(=O)Nc1ccc2c(c1)sc(=O)n2C)N(c1ccccc1)S(C)(=O)=O. The lowest BCUT2D eigenvalue weighted by atomic mass is 10.2.